The largest absolute Gasteiger partial charge is 0.367 e. The average molecular weight is 226 g/mol. The van der Waals surface area contributed by atoms with Gasteiger partial charge in [-0.3, -0.25) is 4.79 Å². The second-order valence-electron chi connectivity index (χ2n) is 3.90. The van der Waals surface area contributed by atoms with Crippen molar-refractivity contribution >= 4 is 5.91 Å². The molecule has 0 saturated carbocycles. The molecule has 4 N–H and O–H groups in total. The van der Waals surface area contributed by atoms with E-state index < -0.39 is 11.4 Å². The highest BCUT2D eigenvalue weighted by atomic mass is 16.1. The summed E-state index contributed by atoms with van der Waals surface area (Å²) in [7, 11) is 0. The molecule has 0 atom stereocenters. The average Bonchev–Trinajstić information content (AvgIpc) is 2.39. The van der Waals surface area contributed by atoms with Crippen LogP contribution in [0.25, 0.3) is 0 Å². The number of benzene rings is 2. The normalized spacial score (nSPS) is 11.1. The van der Waals surface area contributed by atoms with Gasteiger partial charge < -0.3 is 11.5 Å². The first-order valence-electron chi connectivity index (χ1n) is 5.35. The van der Waals surface area contributed by atoms with Crippen molar-refractivity contribution in [3.05, 3.63) is 71.8 Å². The van der Waals surface area contributed by atoms with Crippen molar-refractivity contribution in [3.63, 3.8) is 0 Å². The molecular formula is C14H14N2O. The molecule has 0 spiro atoms. The summed E-state index contributed by atoms with van der Waals surface area (Å²) in [6.45, 7) is 0. The summed E-state index contributed by atoms with van der Waals surface area (Å²) >= 11 is 0. The van der Waals surface area contributed by atoms with Crippen LogP contribution in [-0.4, -0.2) is 5.91 Å². The molecule has 2 rings (SSSR count). The highest BCUT2D eigenvalue weighted by Gasteiger charge is 2.35. The van der Waals surface area contributed by atoms with Crippen LogP contribution in [0.1, 0.15) is 11.1 Å². The molecule has 0 radical (unpaired) electrons. The third-order valence-electron chi connectivity index (χ3n) is 2.85. The number of amides is 1. The molecule has 0 bridgehead atoms. The van der Waals surface area contributed by atoms with Crippen molar-refractivity contribution in [1.29, 1.82) is 0 Å². The van der Waals surface area contributed by atoms with Crippen molar-refractivity contribution in [2.45, 2.75) is 5.54 Å². The Morgan fingerprint density at radius 2 is 1.18 bits per heavy atom. The standard InChI is InChI=1S/C14H14N2O/c15-13(17)14(16,11-7-3-1-4-8-11)12-9-5-2-6-10-12/h1-10H,16H2,(H2,15,17). The molecule has 0 heterocycles. The first kappa shape index (κ1) is 11.4. The Bertz CT molecular complexity index is 469. The van der Waals surface area contributed by atoms with Crippen molar-refractivity contribution in [3.8, 4) is 0 Å². The Balaban J connectivity index is 2.59. The Morgan fingerprint density at radius 3 is 1.47 bits per heavy atom. The smallest absolute Gasteiger partial charge is 0.246 e. The van der Waals surface area contributed by atoms with Gasteiger partial charge in [0.05, 0.1) is 0 Å². The molecule has 2 aromatic carbocycles. The zero-order chi connectivity index (χ0) is 12.3. The molecule has 0 saturated heterocycles. The molecule has 0 aromatic heterocycles. The minimum atomic E-state index is -1.28. The van der Waals surface area contributed by atoms with E-state index in [1.165, 1.54) is 0 Å². The van der Waals surface area contributed by atoms with E-state index in [1.807, 2.05) is 36.4 Å². The molecule has 0 aliphatic carbocycles. The van der Waals surface area contributed by atoms with Crippen LogP contribution in [0.2, 0.25) is 0 Å². The van der Waals surface area contributed by atoms with Crippen LogP contribution < -0.4 is 11.5 Å². The van der Waals surface area contributed by atoms with Crippen LogP contribution >= 0.6 is 0 Å². The molecule has 0 aliphatic rings. The number of hydrogen-bond acceptors (Lipinski definition) is 2. The predicted molar refractivity (Wildman–Crippen MR) is 67.0 cm³/mol. The number of nitrogens with two attached hydrogens (primary N) is 2. The quantitative estimate of drug-likeness (QED) is 0.830. The van der Waals surface area contributed by atoms with Crippen molar-refractivity contribution < 1.29 is 4.79 Å². The summed E-state index contributed by atoms with van der Waals surface area (Å²) < 4.78 is 0. The van der Waals surface area contributed by atoms with Gasteiger partial charge in [-0.25, -0.2) is 0 Å². The van der Waals surface area contributed by atoms with E-state index >= 15 is 0 Å². The molecule has 0 unspecified atom stereocenters. The number of rotatable bonds is 3. The molecule has 1 amide bonds. The Labute approximate surface area is 100 Å². The molecule has 3 nitrogen and oxygen atoms in total. The maximum Gasteiger partial charge on any atom is 0.246 e. The molecule has 0 fully saturated rings. The topological polar surface area (TPSA) is 69.1 Å². The lowest BCUT2D eigenvalue weighted by atomic mass is 9.83. The SMILES string of the molecule is NC(=O)C(N)(c1ccccc1)c1ccccc1. The molecule has 2 aromatic rings. The number of carbonyl (C=O) groups is 1. The maximum atomic E-state index is 11.7. The molecule has 17 heavy (non-hydrogen) atoms. The summed E-state index contributed by atoms with van der Waals surface area (Å²) in [6.07, 6.45) is 0. The van der Waals surface area contributed by atoms with Crippen molar-refractivity contribution in [2.24, 2.45) is 11.5 Å². The summed E-state index contributed by atoms with van der Waals surface area (Å²) in [4.78, 5) is 11.7. The van der Waals surface area contributed by atoms with Gasteiger partial charge >= 0.3 is 0 Å². The van der Waals surface area contributed by atoms with Crippen LogP contribution in [0.15, 0.2) is 60.7 Å². The first-order chi connectivity index (χ1) is 8.15. The first-order valence-corrected chi connectivity index (χ1v) is 5.35. The van der Waals surface area contributed by atoms with Crippen LogP contribution in [0, 0.1) is 0 Å². The molecular weight excluding hydrogens is 212 g/mol. The fraction of sp³-hybridized carbons (Fsp3) is 0.0714. The third kappa shape index (κ3) is 1.92. The van der Waals surface area contributed by atoms with Gasteiger partial charge in [-0.2, -0.15) is 0 Å². The fourth-order valence-electron chi connectivity index (χ4n) is 1.85. The van der Waals surface area contributed by atoms with Gasteiger partial charge in [0, 0.05) is 0 Å². The van der Waals surface area contributed by atoms with E-state index in [4.69, 9.17) is 11.5 Å². The highest BCUT2D eigenvalue weighted by Crippen LogP contribution is 2.26. The lowest BCUT2D eigenvalue weighted by Gasteiger charge is -2.27. The van der Waals surface area contributed by atoms with E-state index in [0.717, 1.165) is 0 Å². The lowest BCUT2D eigenvalue weighted by molar-refractivity contribution is -0.122. The zero-order valence-electron chi connectivity index (χ0n) is 9.34. The number of primary amides is 1. The van der Waals surface area contributed by atoms with Crippen LogP contribution in [-0.2, 0) is 10.3 Å². The number of hydrogen-bond donors (Lipinski definition) is 2. The van der Waals surface area contributed by atoms with Gasteiger partial charge in [0.25, 0.3) is 0 Å². The molecule has 86 valence electrons. The molecule has 0 aliphatic heterocycles. The lowest BCUT2D eigenvalue weighted by Crippen LogP contribution is -2.49. The zero-order valence-corrected chi connectivity index (χ0v) is 9.34. The summed E-state index contributed by atoms with van der Waals surface area (Å²) in [5, 5.41) is 0. The minimum Gasteiger partial charge on any atom is -0.367 e. The second kappa shape index (κ2) is 4.39. The number of carbonyl (C=O) groups excluding carboxylic acids is 1. The minimum absolute atomic E-state index is 0.560. The van der Waals surface area contributed by atoms with Crippen LogP contribution in [0.5, 0.6) is 0 Å². The Hall–Kier alpha value is -2.13. The van der Waals surface area contributed by atoms with E-state index in [-0.39, 0.29) is 0 Å². The van der Waals surface area contributed by atoms with Crippen molar-refractivity contribution in [1.82, 2.24) is 0 Å². The summed E-state index contributed by atoms with van der Waals surface area (Å²) in [5.74, 6) is -0.560. The van der Waals surface area contributed by atoms with Crippen LogP contribution in [0.3, 0.4) is 0 Å². The van der Waals surface area contributed by atoms with Gasteiger partial charge in [0.1, 0.15) is 5.54 Å². The highest BCUT2D eigenvalue weighted by molar-refractivity contribution is 5.89. The third-order valence-corrected chi connectivity index (χ3v) is 2.85. The monoisotopic (exact) mass is 226 g/mol. The van der Waals surface area contributed by atoms with Crippen LogP contribution in [0.4, 0.5) is 0 Å². The maximum absolute atomic E-state index is 11.7. The summed E-state index contributed by atoms with van der Waals surface area (Å²) in [6, 6.07) is 18.3. The molecule has 3 heteroatoms. The predicted octanol–water partition coefficient (Wildman–Crippen LogP) is 1.37. The fourth-order valence-corrected chi connectivity index (χ4v) is 1.85. The second-order valence-corrected chi connectivity index (χ2v) is 3.90. The van der Waals surface area contributed by atoms with E-state index in [0.29, 0.717) is 11.1 Å². The van der Waals surface area contributed by atoms with E-state index in [1.54, 1.807) is 24.3 Å². The van der Waals surface area contributed by atoms with Gasteiger partial charge in [-0.15, -0.1) is 0 Å². The van der Waals surface area contributed by atoms with E-state index in [9.17, 15) is 4.79 Å². The Morgan fingerprint density at radius 1 is 0.824 bits per heavy atom. The van der Waals surface area contributed by atoms with E-state index in [2.05, 4.69) is 0 Å². The van der Waals surface area contributed by atoms with Gasteiger partial charge in [0.15, 0.2) is 0 Å². The van der Waals surface area contributed by atoms with Gasteiger partial charge in [0.2, 0.25) is 5.91 Å². The van der Waals surface area contributed by atoms with Gasteiger partial charge in [-0.05, 0) is 11.1 Å². The summed E-state index contributed by atoms with van der Waals surface area (Å²) in [5.41, 5.74) is 11.8. The van der Waals surface area contributed by atoms with Gasteiger partial charge in [-0.1, -0.05) is 60.7 Å². The Kier molecular flexibility index (Phi) is 2.93. The van der Waals surface area contributed by atoms with Crippen molar-refractivity contribution in [2.75, 3.05) is 0 Å².